The molecule has 4 bridgehead atoms. The summed E-state index contributed by atoms with van der Waals surface area (Å²) in [6.45, 7) is 2.59. The van der Waals surface area contributed by atoms with Crippen LogP contribution in [0.2, 0.25) is 5.02 Å². The molecule has 5 fully saturated rings. The summed E-state index contributed by atoms with van der Waals surface area (Å²) < 4.78 is 0. The lowest BCUT2D eigenvalue weighted by molar-refractivity contribution is -0.161. The molecule has 0 spiro atoms. The van der Waals surface area contributed by atoms with Gasteiger partial charge in [0.1, 0.15) is 5.41 Å². The third-order valence-electron chi connectivity index (χ3n) is 9.05. The van der Waals surface area contributed by atoms with E-state index in [1.807, 2.05) is 24.3 Å². The van der Waals surface area contributed by atoms with Gasteiger partial charge in [0.05, 0.1) is 0 Å². The highest BCUT2D eigenvalue weighted by Gasteiger charge is 2.65. The average molecular weight is 444 g/mol. The van der Waals surface area contributed by atoms with Crippen LogP contribution in [-0.4, -0.2) is 29.2 Å². The molecule has 0 radical (unpaired) electrons. The number of rotatable bonds is 5. The van der Waals surface area contributed by atoms with E-state index in [0.29, 0.717) is 35.9 Å². The molecule has 0 aromatic heterocycles. The van der Waals surface area contributed by atoms with E-state index >= 15 is 0 Å². The summed E-state index contributed by atoms with van der Waals surface area (Å²) in [5.41, 5.74) is 11.0. The fourth-order valence-electron chi connectivity index (χ4n) is 7.78. The van der Waals surface area contributed by atoms with Gasteiger partial charge in [-0.3, -0.25) is 14.4 Å². The molecule has 4 saturated carbocycles. The van der Waals surface area contributed by atoms with Gasteiger partial charge < -0.3 is 16.4 Å². The monoisotopic (exact) mass is 443 g/mol. The first-order valence-corrected chi connectivity index (χ1v) is 11.7. The molecule has 166 valence electrons. The molecule has 6 nitrogen and oxygen atoms in total. The third-order valence-corrected chi connectivity index (χ3v) is 9.42. The summed E-state index contributed by atoms with van der Waals surface area (Å²) in [5.74, 6) is 0.279. The molecule has 4 aliphatic carbocycles. The number of carbonyl (C=O) groups excluding carboxylic acids is 3. The normalized spacial score (nSPS) is 41.0. The highest BCUT2D eigenvalue weighted by atomic mass is 35.5. The van der Waals surface area contributed by atoms with Gasteiger partial charge in [0, 0.05) is 29.4 Å². The predicted molar refractivity (Wildman–Crippen MR) is 116 cm³/mol. The van der Waals surface area contributed by atoms with Crippen LogP contribution in [0.3, 0.4) is 0 Å². The number of nitrogens with two attached hydrogens (primary N) is 2. The van der Waals surface area contributed by atoms with Crippen LogP contribution in [0.5, 0.6) is 0 Å². The minimum Gasteiger partial charge on any atom is -0.369 e. The van der Waals surface area contributed by atoms with Gasteiger partial charge in [-0.25, -0.2) is 0 Å². The lowest BCUT2D eigenvalue weighted by Crippen LogP contribution is -2.59. The number of carbonyl (C=O) groups is 3. The molecule has 31 heavy (non-hydrogen) atoms. The summed E-state index contributed by atoms with van der Waals surface area (Å²) >= 11 is 6.34. The van der Waals surface area contributed by atoms with Crippen molar-refractivity contribution in [1.29, 1.82) is 0 Å². The Bertz CT molecular complexity index is 949. The highest BCUT2D eigenvalue weighted by molar-refractivity contribution is 6.31. The Labute approximate surface area is 187 Å². The summed E-state index contributed by atoms with van der Waals surface area (Å²) in [6, 6.07) is 7.47. The molecule has 3 amide bonds. The molecule has 1 saturated heterocycles. The van der Waals surface area contributed by atoms with Crippen LogP contribution in [0.25, 0.3) is 0 Å². The smallest absolute Gasteiger partial charge is 0.238 e. The first-order chi connectivity index (χ1) is 14.7. The quantitative estimate of drug-likeness (QED) is 0.683. The molecule has 4 atom stereocenters. The first-order valence-electron chi connectivity index (χ1n) is 11.3. The zero-order chi connectivity index (χ0) is 22.1. The number of likely N-dealkylation sites (tertiary alicyclic amines) is 1. The number of nitrogens with zero attached hydrogens (tertiary/aromatic N) is 1. The second-order valence-electron chi connectivity index (χ2n) is 10.6. The van der Waals surface area contributed by atoms with Crippen LogP contribution in [0.4, 0.5) is 0 Å². The van der Waals surface area contributed by atoms with Crippen molar-refractivity contribution in [3.8, 4) is 0 Å². The summed E-state index contributed by atoms with van der Waals surface area (Å²) in [4.78, 5) is 40.3. The van der Waals surface area contributed by atoms with Crippen LogP contribution in [0.15, 0.2) is 24.3 Å². The van der Waals surface area contributed by atoms with Crippen molar-refractivity contribution >= 4 is 29.3 Å². The van der Waals surface area contributed by atoms with Crippen LogP contribution in [0, 0.1) is 40.4 Å². The molecule has 6 rings (SSSR count). The number of hydrogen-bond donors (Lipinski definition) is 2. The van der Waals surface area contributed by atoms with Crippen LogP contribution >= 0.6 is 11.6 Å². The van der Waals surface area contributed by atoms with Gasteiger partial charge >= 0.3 is 0 Å². The van der Waals surface area contributed by atoms with E-state index in [4.69, 9.17) is 23.1 Å². The van der Waals surface area contributed by atoms with Crippen molar-refractivity contribution in [3.63, 3.8) is 0 Å². The molecule has 7 heteroatoms. The van der Waals surface area contributed by atoms with Gasteiger partial charge in [-0.2, -0.15) is 0 Å². The van der Waals surface area contributed by atoms with Crippen molar-refractivity contribution in [3.05, 3.63) is 34.9 Å². The van der Waals surface area contributed by atoms with Gasteiger partial charge in [0.25, 0.3) is 0 Å². The summed E-state index contributed by atoms with van der Waals surface area (Å²) in [6.07, 6.45) is 4.58. The maximum atomic E-state index is 13.5. The molecular weight excluding hydrogens is 414 g/mol. The van der Waals surface area contributed by atoms with E-state index < -0.39 is 16.7 Å². The highest BCUT2D eigenvalue weighted by Crippen LogP contribution is 2.65. The zero-order valence-corrected chi connectivity index (χ0v) is 18.6. The third kappa shape index (κ3) is 2.94. The van der Waals surface area contributed by atoms with Gasteiger partial charge in [-0.15, -0.1) is 0 Å². The Kier molecular flexibility index (Phi) is 4.67. The summed E-state index contributed by atoms with van der Waals surface area (Å²) in [5, 5.41) is 0.609. The molecule has 4 N–H and O–H groups in total. The first kappa shape index (κ1) is 20.8. The Morgan fingerprint density at radius 2 is 1.74 bits per heavy atom. The second kappa shape index (κ2) is 6.96. The largest absolute Gasteiger partial charge is 0.369 e. The number of amides is 3. The fourth-order valence-corrected chi connectivity index (χ4v) is 7.97. The van der Waals surface area contributed by atoms with E-state index in [0.717, 1.165) is 37.7 Å². The van der Waals surface area contributed by atoms with E-state index in [1.54, 1.807) is 11.8 Å². The Morgan fingerprint density at radius 1 is 1.10 bits per heavy atom. The maximum absolute atomic E-state index is 13.5. The lowest BCUT2D eigenvalue weighted by atomic mass is 9.43. The van der Waals surface area contributed by atoms with Gasteiger partial charge in [-0.1, -0.05) is 29.8 Å². The second-order valence-corrected chi connectivity index (χ2v) is 11.0. The summed E-state index contributed by atoms with van der Waals surface area (Å²) in [7, 11) is 0. The van der Waals surface area contributed by atoms with E-state index in [9.17, 15) is 14.4 Å². The number of primary amides is 2. The zero-order valence-electron chi connectivity index (χ0n) is 17.9. The molecule has 1 heterocycles. The number of benzene rings is 1. The topological polar surface area (TPSA) is 106 Å². The average Bonchev–Trinajstić information content (AvgIpc) is 2.95. The van der Waals surface area contributed by atoms with Gasteiger partial charge in [0.2, 0.25) is 17.7 Å². The minimum atomic E-state index is -1.23. The molecule has 5 aliphatic rings. The van der Waals surface area contributed by atoms with Crippen LogP contribution in [-0.2, 0) is 20.9 Å². The Balaban J connectivity index is 1.47. The Hall–Kier alpha value is -2.08. The number of halogens is 1. The standard InChI is InChI=1S/C24H30ClN3O3/c1-23(20(26)29)17(12-28(22(23)31)11-14-4-2-3-5-18(14)25)19-15-6-13-7-16(19)10-24(8-13,9-15)21(27)30/h2-5,13,15-17,19H,6-12H2,1H3,(H2,26,29)(H2,27,30). The van der Waals surface area contributed by atoms with Crippen molar-refractivity contribution < 1.29 is 14.4 Å². The van der Waals surface area contributed by atoms with E-state index in [1.165, 1.54) is 0 Å². The van der Waals surface area contributed by atoms with Gasteiger partial charge in [0.15, 0.2) is 0 Å². The molecule has 1 aliphatic heterocycles. The lowest BCUT2D eigenvalue weighted by Gasteiger charge is -2.61. The van der Waals surface area contributed by atoms with E-state index in [2.05, 4.69) is 0 Å². The molecule has 1 aromatic rings. The molecule has 1 aromatic carbocycles. The SMILES string of the molecule is CC1(C(N)=O)C(=O)N(Cc2ccccc2Cl)CC1C1C2CC3CC1CC(C(N)=O)(C3)C2. The Morgan fingerprint density at radius 3 is 2.32 bits per heavy atom. The minimum absolute atomic E-state index is 0.153. The van der Waals surface area contributed by atoms with Crippen LogP contribution < -0.4 is 11.5 Å². The predicted octanol–water partition coefficient (Wildman–Crippen LogP) is 2.72. The molecule has 4 unspecified atom stereocenters. The van der Waals surface area contributed by atoms with Crippen molar-refractivity contribution in [1.82, 2.24) is 4.90 Å². The van der Waals surface area contributed by atoms with Crippen molar-refractivity contribution in [2.24, 2.45) is 51.9 Å². The van der Waals surface area contributed by atoms with Crippen LogP contribution in [0.1, 0.15) is 44.6 Å². The van der Waals surface area contributed by atoms with Gasteiger partial charge in [-0.05, 0) is 74.3 Å². The van der Waals surface area contributed by atoms with Crippen molar-refractivity contribution in [2.45, 2.75) is 45.6 Å². The van der Waals surface area contributed by atoms with E-state index in [-0.39, 0.29) is 23.7 Å². The molecular formula is C24H30ClN3O3. The maximum Gasteiger partial charge on any atom is 0.238 e. The number of hydrogen-bond acceptors (Lipinski definition) is 3. The fraction of sp³-hybridized carbons (Fsp3) is 0.625. The van der Waals surface area contributed by atoms with Crippen molar-refractivity contribution in [2.75, 3.05) is 6.54 Å².